The van der Waals surface area contributed by atoms with Crippen LogP contribution in [-0.4, -0.2) is 21.4 Å². The molecule has 1 heterocycles. The van der Waals surface area contributed by atoms with Crippen molar-refractivity contribution in [3.05, 3.63) is 45.0 Å². The largest absolute Gasteiger partial charge is 0.494 e. The van der Waals surface area contributed by atoms with Crippen molar-refractivity contribution in [3.8, 4) is 5.75 Å². The van der Waals surface area contributed by atoms with E-state index < -0.39 is 0 Å². The van der Waals surface area contributed by atoms with Crippen molar-refractivity contribution in [2.45, 2.75) is 31.7 Å². The van der Waals surface area contributed by atoms with E-state index in [0.29, 0.717) is 12.6 Å². The standard InChI is InChI=1S/C14H16BrN3O2/c15-10-3-7-12(8-4-10)20-9-1-2-13-16-17-14(19)18(13)11-5-6-11/h3-4,7-8,11H,1-2,5-6,9H2,(H,17,19). The first kappa shape index (κ1) is 13.4. The van der Waals surface area contributed by atoms with E-state index in [4.69, 9.17) is 4.74 Å². The van der Waals surface area contributed by atoms with E-state index in [-0.39, 0.29) is 5.69 Å². The third kappa shape index (κ3) is 3.12. The first-order chi connectivity index (χ1) is 9.74. The summed E-state index contributed by atoms with van der Waals surface area (Å²) in [7, 11) is 0. The Morgan fingerprint density at radius 1 is 1.35 bits per heavy atom. The van der Waals surface area contributed by atoms with Crippen LogP contribution in [0.2, 0.25) is 0 Å². The van der Waals surface area contributed by atoms with Crippen LogP contribution in [0.1, 0.15) is 31.1 Å². The van der Waals surface area contributed by atoms with Crippen molar-refractivity contribution in [1.29, 1.82) is 0 Å². The molecule has 0 spiro atoms. The first-order valence-corrected chi connectivity index (χ1v) is 7.57. The van der Waals surface area contributed by atoms with Crippen LogP contribution in [0.3, 0.4) is 0 Å². The lowest BCUT2D eigenvalue weighted by molar-refractivity contribution is 0.309. The van der Waals surface area contributed by atoms with Gasteiger partial charge in [-0.2, -0.15) is 5.10 Å². The Kier molecular flexibility index (Phi) is 3.91. The Hall–Kier alpha value is -1.56. The number of hydrogen-bond donors (Lipinski definition) is 1. The highest BCUT2D eigenvalue weighted by Crippen LogP contribution is 2.34. The van der Waals surface area contributed by atoms with Crippen molar-refractivity contribution in [1.82, 2.24) is 14.8 Å². The highest BCUT2D eigenvalue weighted by atomic mass is 79.9. The SMILES string of the molecule is O=c1[nH]nc(CCCOc2ccc(Br)cc2)n1C1CC1. The number of nitrogens with zero attached hydrogens (tertiary/aromatic N) is 2. The molecule has 3 rings (SSSR count). The van der Waals surface area contributed by atoms with Crippen LogP contribution in [0.25, 0.3) is 0 Å². The summed E-state index contributed by atoms with van der Waals surface area (Å²) in [6.45, 7) is 0.618. The van der Waals surface area contributed by atoms with E-state index in [0.717, 1.165) is 41.7 Å². The number of aryl methyl sites for hydroxylation is 1. The minimum Gasteiger partial charge on any atom is -0.494 e. The zero-order valence-corrected chi connectivity index (χ0v) is 12.6. The molecule has 1 N–H and O–H groups in total. The monoisotopic (exact) mass is 337 g/mol. The molecule has 0 atom stereocenters. The molecular weight excluding hydrogens is 322 g/mol. The third-order valence-electron chi connectivity index (χ3n) is 3.32. The molecule has 1 aliphatic carbocycles. The number of aromatic nitrogens is 3. The first-order valence-electron chi connectivity index (χ1n) is 6.78. The average Bonchev–Trinajstić information content (AvgIpc) is 3.21. The predicted molar refractivity (Wildman–Crippen MR) is 79.1 cm³/mol. The Balaban J connectivity index is 1.50. The maximum atomic E-state index is 11.6. The molecule has 0 aliphatic heterocycles. The van der Waals surface area contributed by atoms with Crippen LogP contribution in [-0.2, 0) is 6.42 Å². The van der Waals surface area contributed by atoms with Crippen LogP contribution in [0.4, 0.5) is 0 Å². The molecule has 0 bridgehead atoms. The molecule has 2 aromatic rings. The third-order valence-corrected chi connectivity index (χ3v) is 3.85. The molecule has 6 heteroatoms. The highest BCUT2D eigenvalue weighted by molar-refractivity contribution is 9.10. The Labute approximate surface area is 125 Å². The highest BCUT2D eigenvalue weighted by Gasteiger charge is 2.27. The van der Waals surface area contributed by atoms with Gasteiger partial charge in [-0.25, -0.2) is 9.89 Å². The molecule has 1 aliphatic rings. The van der Waals surface area contributed by atoms with Crippen molar-refractivity contribution >= 4 is 15.9 Å². The minimum absolute atomic E-state index is 0.0867. The van der Waals surface area contributed by atoms with Gasteiger partial charge >= 0.3 is 5.69 Å². The van der Waals surface area contributed by atoms with Gasteiger partial charge in [-0.15, -0.1) is 0 Å². The van der Waals surface area contributed by atoms with E-state index in [2.05, 4.69) is 26.1 Å². The molecule has 5 nitrogen and oxygen atoms in total. The van der Waals surface area contributed by atoms with E-state index in [1.165, 1.54) is 0 Å². The zero-order chi connectivity index (χ0) is 13.9. The summed E-state index contributed by atoms with van der Waals surface area (Å²) in [5.41, 5.74) is -0.0867. The summed E-state index contributed by atoms with van der Waals surface area (Å²) in [6.07, 6.45) is 3.77. The molecule has 106 valence electrons. The summed E-state index contributed by atoms with van der Waals surface area (Å²) in [5, 5.41) is 6.63. The molecule has 0 amide bonds. The van der Waals surface area contributed by atoms with E-state index in [9.17, 15) is 4.79 Å². The quantitative estimate of drug-likeness (QED) is 0.824. The second-order valence-corrected chi connectivity index (χ2v) is 5.87. The summed E-state index contributed by atoms with van der Waals surface area (Å²) >= 11 is 3.39. The summed E-state index contributed by atoms with van der Waals surface area (Å²) in [6, 6.07) is 8.13. The van der Waals surface area contributed by atoms with Crippen LogP contribution in [0.15, 0.2) is 33.5 Å². The topological polar surface area (TPSA) is 59.9 Å². The Bertz CT molecular complexity index is 629. The second kappa shape index (κ2) is 5.83. The molecule has 1 aromatic heterocycles. The number of benzene rings is 1. The van der Waals surface area contributed by atoms with Gasteiger partial charge in [0.2, 0.25) is 0 Å². The van der Waals surface area contributed by atoms with Gasteiger partial charge in [-0.1, -0.05) is 15.9 Å². The van der Waals surface area contributed by atoms with Gasteiger partial charge in [0.25, 0.3) is 0 Å². The molecule has 0 unspecified atom stereocenters. The van der Waals surface area contributed by atoms with Crippen molar-refractivity contribution in [3.63, 3.8) is 0 Å². The number of rotatable bonds is 6. The fourth-order valence-electron chi connectivity index (χ4n) is 2.17. The maximum Gasteiger partial charge on any atom is 0.343 e. The van der Waals surface area contributed by atoms with Gasteiger partial charge < -0.3 is 4.74 Å². The number of halogens is 1. The average molecular weight is 338 g/mol. The molecule has 20 heavy (non-hydrogen) atoms. The van der Waals surface area contributed by atoms with Crippen molar-refractivity contribution < 1.29 is 4.74 Å². The van der Waals surface area contributed by atoms with Gasteiger partial charge in [0.15, 0.2) is 0 Å². The smallest absolute Gasteiger partial charge is 0.343 e. The van der Waals surface area contributed by atoms with E-state index in [1.54, 1.807) is 4.57 Å². The summed E-state index contributed by atoms with van der Waals surface area (Å²) < 4.78 is 8.49. The van der Waals surface area contributed by atoms with Gasteiger partial charge in [0, 0.05) is 16.9 Å². The summed E-state index contributed by atoms with van der Waals surface area (Å²) in [4.78, 5) is 11.6. The Morgan fingerprint density at radius 2 is 2.10 bits per heavy atom. The van der Waals surface area contributed by atoms with Crippen LogP contribution in [0.5, 0.6) is 5.75 Å². The molecule has 1 saturated carbocycles. The summed E-state index contributed by atoms with van der Waals surface area (Å²) in [5.74, 6) is 1.70. The maximum absolute atomic E-state index is 11.6. The fourth-order valence-corrected chi connectivity index (χ4v) is 2.44. The van der Waals surface area contributed by atoms with Gasteiger partial charge in [0.05, 0.1) is 6.61 Å². The lowest BCUT2D eigenvalue weighted by atomic mass is 10.3. The van der Waals surface area contributed by atoms with Crippen molar-refractivity contribution in [2.75, 3.05) is 6.61 Å². The van der Waals surface area contributed by atoms with Crippen LogP contribution in [0, 0.1) is 0 Å². The molecule has 1 fully saturated rings. The number of aromatic amines is 1. The van der Waals surface area contributed by atoms with Crippen LogP contribution >= 0.6 is 15.9 Å². The van der Waals surface area contributed by atoms with Gasteiger partial charge in [-0.05, 0) is 43.5 Å². The Morgan fingerprint density at radius 3 is 2.80 bits per heavy atom. The van der Waals surface area contributed by atoms with E-state index >= 15 is 0 Å². The van der Waals surface area contributed by atoms with E-state index in [1.807, 2.05) is 24.3 Å². The molecule has 1 aromatic carbocycles. The fraction of sp³-hybridized carbons (Fsp3) is 0.429. The van der Waals surface area contributed by atoms with Crippen LogP contribution < -0.4 is 10.4 Å². The van der Waals surface area contributed by atoms with Crippen molar-refractivity contribution in [2.24, 2.45) is 0 Å². The number of H-pyrrole nitrogens is 1. The lowest BCUT2D eigenvalue weighted by Crippen LogP contribution is -2.18. The molecular formula is C14H16BrN3O2. The molecule has 0 radical (unpaired) electrons. The number of nitrogens with one attached hydrogen (secondary N) is 1. The van der Waals surface area contributed by atoms with Gasteiger partial charge in [-0.3, -0.25) is 4.57 Å². The lowest BCUT2D eigenvalue weighted by Gasteiger charge is -2.06. The minimum atomic E-state index is -0.0867. The number of ether oxygens (including phenoxy) is 1. The second-order valence-electron chi connectivity index (χ2n) is 4.95. The predicted octanol–water partition coefficient (Wildman–Crippen LogP) is 2.68. The normalized spacial score (nSPS) is 14.4. The zero-order valence-electron chi connectivity index (χ0n) is 11.0. The number of hydrogen-bond acceptors (Lipinski definition) is 3. The molecule has 0 saturated heterocycles. The van der Waals surface area contributed by atoms with Gasteiger partial charge in [0.1, 0.15) is 11.6 Å².